The first kappa shape index (κ1) is 13.5. The summed E-state index contributed by atoms with van der Waals surface area (Å²) in [5.74, 6) is 0.540. The number of amides is 1. The molecule has 0 saturated carbocycles. The van der Waals surface area contributed by atoms with Crippen LogP contribution in [-0.4, -0.2) is 23.4 Å². The second-order valence-corrected chi connectivity index (χ2v) is 4.86. The zero-order valence-electron chi connectivity index (χ0n) is 10.6. The number of aromatic nitrogens is 1. The van der Waals surface area contributed by atoms with E-state index < -0.39 is 17.7 Å². The van der Waals surface area contributed by atoms with Crippen molar-refractivity contribution in [2.24, 2.45) is 5.73 Å². The van der Waals surface area contributed by atoms with E-state index in [9.17, 15) is 4.79 Å². The van der Waals surface area contributed by atoms with Crippen LogP contribution >= 0.6 is 0 Å². The van der Waals surface area contributed by atoms with Crippen LogP contribution in [0.3, 0.4) is 0 Å². The van der Waals surface area contributed by atoms with Gasteiger partial charge in [0.05, 0.1) is 11.7 Å². The van der Waals surface area contributed by atoms with E-state index in [2.05, 4.69) is 10.5 Å². The lowest BCUT2D eigenvalue weighted by Crippen LogP contribution is -2.36. The highest BCUT2D eigenvalue weighted by molar-refractivity contribution is 5.67. The second kappa shape index (κ2) is 5.18. The summed E-state index contributed by atoms with van der Waals surface area (Å²) < 4.78 is 10.1. The Morgan fingerprint density at radius 3 is 2.76 bits per heavy atom. The third-order valence-electron chi connectivity index (χ3n) is 1.88. The van der Waals surface area contributed by atoms with Crippen molar-refractivity contribution in [3.63, 3.8) is 0 Å². The van der Waals surface area contributed by atoms with Gasteiger partial charge in [-0.3, -0.25) is 0 Å². The molecule has 1 rings (SSSR count). The van der Waals surface area contributed by atoms with Crippen LogP contribution in [0.1, 0.15) is 38.3 Å². The van der Waals surface area contributed by atoms with Crippen LogP contribution < -0.4 is 11.1 Å². The van der Waals surface area contributed by atoms with Crippen LogP contribution in [0.4, 0.5) is 4.79 Å². The molecule has 1 amide bonds. The number of rotatable bonds is 3. The Morgan fingerprint density at radius 1 is 1.65 bits per heavy atom. The number of alkyl carbamates (subject to hydrolysis) is 1. The quantitative estimate of drug-likeness (QED) is 0.837. The van der Waals surface area contributed by atoms with Gasteiger partial charge in [0, 0.05) is 12.6 Å². The van der Waals surface area contributed by atoms with E-state index in [-0.39, 0.29) is 6.54 Å². The molecule has 0 spiro atoms. The Hall–Kier alpha value is -1.56. The molecule has 0 fully saturated rings. The molecule has 0 aromatic carbocycles. The molecule has 1 aromatic rings. The Labute approximate surface area is 100 Å². The standard InChI is InChI=1S/C11H19N3O3/c1-7-5-9(17-14-7)8(12)6-13-10(15)16-11(2,3)4/h5,8H,6,12H2,1-4H3,(H,13,15). The third-order valence-corrected chi connectivity index (χ3v) is 1.88. The lowest BCUT2D eigenvalue weighted by Gasteiger charge is -2.20. The van der Waals surface area contributed by atoms with E-state index in [1.165, 1.54) is 0 Å². The van der Waals surface area contributed by atoms with E-state index in [0.29, 0.717) is 5.76 Å². The van der Waals surface area contributed by atoms with Gasteiger partial charge in [-0.05, 0) is 27.7 Å². The lowest BCUT2D eigenvalue weighted by atomic mass is 10.2. The highest BCUT2D eigenvalue weighted by Gasteiger charge is 2.18. The third kappa shape index (κ3) is 4.86. The maximum Gasteiger partial charge on any atom is 0.407 e. The van der Waals surface area contributed by atoms with E-state index in [0.717, 1.165) is 5.69 Å². The normalized spacial score (nSPS) is 13.2. The maximum absolute atomic E-state index is 11.4. The summed E-state index contributed by atoms with van der Waals surface area (Å²) in [6, 6.07) is 1.31. The smallest absolute Gasteiger partial charge is 0.407 e. The molecule has 96 valence electrons. The summed E-state index contributed by atoms with van der Waals surface area (Å²) in [5.41, 5.74) is 6.06. The summed E-state index contributed by atoms with van der Waals surface area (Å²) in [6.45, 7) is 7.44. The first-order valence-electron chi connectivity index (χ1n) is 5.43. The molecule has 0 aliphatic heterocycles. The van der Waals surface area contributed by atoms with Crippen molar-refractivity contribution in [3.8, 4) is 0 Å². The monoisotopic (exact) mass is 241 g/mol. The van der Waals surface area contributed by atoms with Gasteiger partial charge < -0.3 is 20.3 Å². The van der Waals surface area contributed by atoms with Gasteiger partial charge in [0.25, 0.3) is 0 Å². The average Bonchev–Trinajstić information content (AvgIpc) is 2.58. The number of hydrogen-bond acceptors (Lipinski definition) is 5. The molecule has 1 atom stereocenters. The van der Waals surface area contributed by atoms with E-state index in [1.807, 2.05) is 0 Å². The zero-order valence-corrected chi connectivity index (χ0v) is 10.6. The summed E-state index contributed by atoms with van der Waals surface area (Å²) in [4.78, 5) is 11.4. The van der Waals surface area contributed by atoms with Crippen molar-refractivity contribution in [3.05, 3.63) is 17.5 Å². The van der Waals surface area contributed by atoms with Crippen LogP contribution in [0, 0.1) is 6.92 Å². The molecule has 0 bridgehead atoms. The molecule has 1 aromatic heterocycles. The Bertz CT molecular complexity index is 382. The number of carbonyl (C=O) groups excluding carboxylic acids is 1. The lowest BCUT2D eigenvalue weighted by molar-refractivity contribution is 0.0523. The number of nitrogens with zero attached hydrogens (tertiary/aromatic N) is 1. The molecule has 0 aliphatic carbocycles. The SMILES string of the molecule is Cc1cc(C(N)CNC(=O)OC(C)(C)C)on1. The first-order chi connectivity index (χ1) is 7.78. The number of nitrogens with one attached hydrogen (secondary N) is 1. The zero-order chi connectivity index (χ0) is 13.1. The average molecular weight is 241 g/mol. The summed E-state index contributed by atoms with van der Waals surface area (Å²) >= 11 is 0. The number of aryl methyl sites for hydroxylation is 1. The van der Waals surface area contributed by atoms with Gasteiger partial charge in [-0.15, -0.1) is 0 Å². The van der Waals surface area contributed by atoms with Crippen LogP contribution in [0.15, 0.2) is 10.6 Å². The number of carbonyl (C=O) groups is 1. The van der Waals surface area contributed by atoms with Crippen LogP contribution in [-0.2, 0) is 4.74 Å². The second-order valence-electron chi connectivity index (χ2n) is 4.86. The molecule has 3 N–H and O–H groups in total. The minimum absolute atomic E-state index is 0.240. The van der Waals surface area contributed by atoms with E-state index in [1.54, 1.807) is 33.8 Å². The highest BCUT2D eigenvalue weighted by atomic mass is 16.6. The molecule has 17 heavy (non-hydrogen) atoms. The number of hydrogen-bond donors (Lipinski definition) is 2. The largest absolute Gasteiger partial charge is 0.444 e. The number of ether oxygens (including phenoxy) is 1. The minimum Gasteiger partial charge on any atom is -0.444 e. The molecule has 6 nitrogen and oxygen atoms in total. The van der Waals surface area contributed by atoms with E-state index in [4.69, 9.17) is 15.0 Å². The van der Waals surface area contributed by atoms with Gasteiger partial charge in [-0.25, -0.2) is 4.79 Å². The summed E-state index contributed by atoms with van der Waals surface area (Å²) in [6.07, 6.45) is -0.496. The van der Waals surface area contributed by atoms with Crippen LogP contribution in [0.5, 0.6) is 0 Å². The van der Waals surface area contributed by atoms with E-state index >= 15 is 0 Å². The number of nitrogens with two attached hydrogens (primary N) is 1. The first-order valence-corrected chi connectivity index (χ1v) is 5.43. The molecular weight excluding hydrogens is 222 g/mol. The van der Waals surface area contributed by atoms with Crippen LogP contribution in [0.2, 0.25) is 0 Å². The van der Waals surface area contributed by atoms with Gasteiger partial charge in [0.2, 0.25) is 0 Å². The Balaban J connectivity index is 2.38. The van der Waals surface area contributed by atoms with Crippen molar-refractivity contribution < 1.29 is 14.1 Å². The molecule has 6 heteroatoms. The molecule has 0 saturated heterocycles. The van der Waals surface area contributed by atoms with Crippen molar-refractivity contribution in [2.45, 2.75) is 39.3 Å². The van der Waals surface area contributed by atoms with Crippen molar-refractivity contribution in [1.82, 2.24) is 10.5 Å². The Kier molecular flexibility index (Phi) is 4.11. The predicted octanol–water partition coefficient (Wildman–Crippen LogP) is 1.51. The molecule has 1 heterocycles. The highest BCUT2D eigenvalue weighted by Crippen LogP contribution is 2.11. The Morgan fingerprint density at radius 2 is 2.29 bits per heavy atom. The molecule has 0 radical (unpaired) electrons. The van der Waals surface area contributed by atoms with Gasteiger partial charge >= 0.3 is 6.09 Å². The van der Waals surface area contributed by atoms with Gasteiger partial charge in [0.1, 0.15) is 5.60 Å². The van der Waals surface area contributed by atoms with Crippen molar-refractivity contribution >= 4 is 6.09 Å². The molecule has 1 unspecified atom stereocenters. The topological polar surface area (TPSA) is 90.4 Å². The van der Waals surface area contributed by atoms with Gasteiger partial charge in [-0.1, -0.05) is 5.16 Å². The summed E-state index contributed by atoms with van der Waals surface area (Å²) in [7, 11) is 0. The van der Waals surface area contributed by atoms with Gasteiger partial charge in [0.15, 0.2) is 5.76 Å². The van der Waals surface area contributed by atoms with Crippen molar-refractivity contribution in [1.29, 1.82) is 0 Å². The fourth-order valence-electron chi connectivity index (χ4n) is 1.17. The fraction of sp³-hybridized carbons (Fsp3) is 0.636. The van der Waals surface area contributed by atoms with Crippen molar-refractivity contribution in [2.75, 3.05) is 6.54 Å². The van der Waals surface area contributed by atoms with Gasteiger partial charge in [-0.2, -0.15) is 0 Å². The summed E-state index contributed by atoms with van der Waals surface area (Å²) in [5, 5.41) is 6.30. The maximum atomic E-state index is 11.4. The minimum atomic E-state index is -0.517. The fourth-order valence-corrected chi connectivity index (χ4v) is 1.17. The predicted molar refractivity (Wildman–Crippen MR) is 62.4 cm³/mol. The van der Waals surface area contributed by atoms with Crippen LogP contribution in [0.25, 0.3) is 0 Å². The molecule has 0 aliphatic rings. The molecular formula is C11H19N3O3.